The van der Waals surface area contributed by atoms with Gasteiger partial charge in [0.25, 0.3) is 0 Å². The summed E-state index contributed by atoms with van der Waals surface area (Å²) in [5.74, 6) is -2.53. The Balaban J connectivity index is 1.79. The Morgan fingerprint density at radius 1 is 1.12 bits per heavy atom. The van der Waals surface area contributed by atoms with Crippen molar-refractivity contribution in [2.45, 2.75) is 6.54 Å². The molecule has 26 heavy (non-hydrogen) atoms. The largest absolute Gasteiger partial charge is 0.399 e. The topological polar surface area (TPSA) is 105 Å². The van der Waals surface area contributed by atoms with E-state index in [1.54, 1.807) is 36.4 Å². The van der Waals surface area contributed by atoms with Crippen LogP contribution in [0.3, 0.4) is 0 Å². The van der Waals surface area contributed by atoms with Crippen LogP contribution in [0.2, 0.25) is 0 Å². The van der Waals surface area contributed by atoms with E-state index in [1.165, 1.54) is 0 Å². The molecule has 1 aliphatic heterocycles. The van der Waals surface area contributed by atoms with Gasteiger partial charge in [-0.2, -0.15) is 0 Å². The Morgan fingerprint density at radius 3 is 2.54 bits per heavy atom. The summed E-state index contributed by atoms with van der Waals surface area (Å²) in [7, 11) is 0. The summed E-state index contributed by atoms with van der Waals surface area (Å²) in [6.45, 7) is 3.87. The fraction of sp³-hybridized carbons (Fsp3) is 0.105. The average molecular weight is 350 g/mol. The number of rotatable bonds is 5. The fourth-order valence-electron chi connectivity index (χ4n) is 2.71. The number of carbonyl (C=O) groups is 3. The zero-order valence-electron chi connectivity index (χ0n) is 13.9. The third kappa shape index (κ3) is 3.56. The smallest absolute Gasteiger partial charge is 0.331 e. The van der Waals surface area contributed by atoms with Crippen molar-refractivity contribution in [2.24, 2.45) is 5.92 Å². The minimum Gasteiger partial charge on any atom is -0.399 e. The number of hydrogen-bond donors (Lipinski definition) is 3. The first-order valence-corrected chi connectivity index (χ1v) is 7.97. The first kappa shape index (κ1) is 17.2. The maximum atomic E-state index is 12.8. The number of carbonyl (C=O) groups excluding carboxylic acids is 3. The molecule has 0 aliphatic carbocycles. The third-order valence-electron chi connectivity index (χ3n) is 3.97. The van der Waals surface area contributed by atoms with Crippen LogP contribution in [0.4, 0.5) is 16.2 Å². The molecular formula is C19H18N4O3. The van der Waals surface area contributed by atoms with Gasteiger partial charge in [0.2, 0.25) is 11.8 Å². The molecule has 3 rings (SSSR count). The normalized spacial score (nSPS) is 17.0. The number of anilines is 2. The molecule has 7 heteroatoms. The maximum Gasteiger partial charge on any atom is 0.331 e. The van der Waals surface area contributed by atoms with Crippen molar-refractivity contribution in [3.05, 3.63) is 72.4 Å². The Labute approximate surface area is 150 Å². The maximum absolute atomic E-state index is 12.8. The summed E-state index contributed by atoms with van der Waals surface area (Å²) in [6, 6.07) is 15.2. The van der Waals surface area contributed by atoms with Gasteiger partial charge in [0.05, 0.1) is 6.54 Å². The highest BCUT2D eigenvalue weighted by atomic mass is 16.2. The number of nitrogens with one attached hydrogen (secondary N) is 2. The van der Waals surface area contributed by atoms with Crippen molar-refractivity contribution in [2.75, 3.05) is 11.1 Å². The number of nitrogen functional groups attached to an aromatic ring is 1. The lowest BCUT2D eigenvalue weighted by Gasteiger charge is -2.31. The Hall–Kier alpha value is -3.61. The van der Waals surface area contributed by atoms with Gasteiger partial charge in [-0.3, -0.25) is 19.8 Å². The summed E-state index contributed by atoms with van der Waals surface area (Å²) in [5.41, 5.74) is 7.80. The molecule has 0 bridgehead atoms. The first-order chi connectivity index (χ1) is 12.5. The summed E-state index contributed by atoms with van der Waals surface area (Å²) in [4.78, 5) is 38.1. The van der Waals surface area contributed by atoms with Gasteiger partial charge in [-0.25, -0.2) is 4.79 Å². The van der Waals surface area contributed by atoms with E-state index in [4.69, 9.17) is 5.73 Å². The molecule has 0 saturated carbocycles. The van der Waals surface area contributed by atoms with E-state index in [0.29, 0.717) is 11.4 Å². The summed E-state index contributed by atoms with van der Waals surface area (Å²) in [6.07, 6.45) is 0. The van der Waals surface area contributed by atoms with Gasteiger partial charge in [-0.15, -0.1) is 0 Å². The molecule has 1 fully saturated rings. The van der Waals surface area contributed by atoms with E-state index in [2.05, 4.69) is 17.2 Å². The standard InChI is InChI=1S/C19H18N4O3/c1-12(21-15-9-5-8-14(20)10-15)16-17(24)22-19(26)23(18(16)25)11-13-6-3-2-4-7-13/h2-10,16,21H,1,11,20H2,(H,22,24,26)/t16-/m0/s1. The third-order valence-corrected chi connectivity index (χ3v) is 3.97. The van der Waals surface area contributed by atoms with E-state index in [1.807, 2.05) is 18.2 Å². The lowest BCUT2D eigenvalue weighted by atomic mass is 10.0. The summed E-state index contributed by atoms with van der Waals surface area (Å²) < 4.78 is 0. The molecule has 0 unspecified atom stereocenters. The number of nitrogens with zero attached hydrogens (tertiary/aromatic N) is 1. The number of benzene rings is 2. The van der Waals surface area contributed by atoms with Crippen LogP contribution in [-0.2, 0) is 16.1 Å². The number of hydrogen-bond acceptors (Lipinski definition) is 5. The summed E-state index contributed by atoms with van der Waals surface area (Å²) >= 11 is 0. The van der Waals surface area contributed by atoms with Gasteiger partial charge < -0.3 is 11.1 Å². The highest BCUT2D eigenvalue weighted by Crippen LogP contribution is 2.22. The molecule has 1 aliphatic rings. The van der Waals surface area contributed by atoms with Gasteiger partial charge in [-0.05, 0) is 23.8 Å². The van der Waals surface area contributed by atoms with Crippen LogP contribution >= 0.6 is 0 Å². The van der Waals surface area contributed by atoms with Gasteiger partial charge >= 0.3 is 6.03 Å². The minimum atomic E-state index is -1.21. The van der Waals surface area contributed by atoms with Crippen LogP contribution in [0, 0.1) is 5.92 Å². The molecule has 4 amide bonds. The second-order valence-corrected chi connectivity index (χ2v) is 5.91. The molecule has 1 saturated heterocycles. The monoisotopic (exact) mass is 350 g/mol. The zero-order valence-corrected chi connectivity index (χ0v) is 13.9. The van der Waals surface area contributed by atoms with E-state index in [-0.39, 0.29) is 12.2 Å². The number of nitrogens with two attached hydrogens (primary N) is 1. The molecule has 7 nitrogen and oxygen atoms in total. The predicted octanol–water partition coefficient (Wildman–Crippen LogP) is 2.09. The molecule has 0 spiro atoms. The van der Waals surface area contributed by atoms with Gasteiger partial charge in [0.15, 0.2) is 5.92 Å². The van der Waals surface area contributed by atoms with Crippen LogP contribution in [0.15, 0.2) is 66.9 Å². The highest BCUT2D eigenvalue weighted by molar-refractivity contribution is 6.17. The Morgan fingerprint density at radius 2 is 1.85 bits per heavy atom. The zero-order chi connectivity index (χ0) is 18.7. The fourth-order valence-corrected chi connectivity index (χ4v) is 2.71. The van der Waals surface area contributed by atoms with E-state index < -0.39 is 23.8 Å². The van der Waals surface area contributed by atoms with Crippen LogP contribution in [0.5, 0.6) is 0 Å². The van der Waals surface area contributed by atoms with Gasteiger partial charge in [-0.1, -0.05) is 43.0 Å². The van der Waals surface area contributed by atoms with E-state index in [9.17, 15) is 14.4 Å². The lowest BCUT2D eigenvalue weighted by molar-refractivity contribution is -0.141. The molecule has 2 aromatic rings. The first-order valence-electron chi connectivity index (χ1n) is 7.97. The van der Waals surface area contributed by atoms with Crippen LogP contribution in [0.25, 0.3) is 0 Å². The number of urea groups is 1. The molecule has 0 aromatic heterocycles. The van der Waals surface area contributed by atoms with E-state index >= 15 is 0 Å². The molecule has 132 valence electrons. The number of imide groups is 2. The molecule has 1 atom stereocenters. The lowest BCUT2D eigenvalue weighted by Crippen LogP contribution is -2.58. The van der Waals surface area contributed by atoms with Crippen molar-refractivity contribution in [1.82, 2.24) is 10.2 Å². The van der Waals surface area contributed by atoms with Gasteiger partial charge in [0.1, 0.15) is 0 Å². The molecule has 1 heterocycles. The molecule has 2 aromatic carbocycles. The van der Waals surface area contributed by atoms with Crippen molar-refractivity contribution in [3.63, 3.8) is 0 Å². The van der Waals surface area contributed by atoms with Crippen molar-refractivity contribution >= 4 is 29.2 Å². The Bertz CT molecular complexity index is 879. The minimum absolute atomic E-state index is 0.0703. The van der Waals surface area contributed by atoms with Crippen LogP contribution in [-0.4, -0.2) is 22.7 Å². The van der Waals surface area contributed by atoms with E-state index in [0.717, 1.165) is 10.5 Å². The Kier molecular flexibility index (Phi) is 4.70. The number of amides is 4. The average Bonchev–Trinajstić information content (AvgIpc) is 2.59. The van der Waals surface area contributed by atoms with Crippen molar-refractivity contribution < 1.29 is 14.4 Å². The highest BCUT2D eigenvalue weighted by Gasteiger charge is 2.42. The van der Waals surface area contributed by atoms with Gasteiger partial charge in [0, 0.05) is 17.1 Å². The SMILES string of the molecule is C=C(Nc1cccc(N)c1)[C@H]1C(=O)NC(=O)N(Cc2ccccc2)C1=O. The van der Waals surface area contributed by atoms with Crippen LogP contribution in [0.1, 0.15) is 5.56 Å². The van der Waals surface area contributed by atoms with Crippen LogP contribution < -0.4 is 16.4 Å². The second kappa shape index (κ2) is 7.10. The summed E-state index contributed by atoms with van der Waals surface area (Å²) in [5, 5.41) is 5.13. The number of barbiturate groups is 1. The van der Waals surface area contributed by atoms with Crippen molar-refractivity contribution in [1.29, 1.82) is 0 Å². The second-order valence-electron chi connectivity index (χ2n) is 5.91. The molecule has 0 radical (unpaired) electrons. The van der Waals surface area contributed by atoms with Crippen molar-refractivity contribution in [3.8, 4) is 0 Å². The molecule has 4 N–H and O–H groups in total. The predicted molar refractivity (Wildman–Crippen MR) is 97.6 cm³/mol. The molecular weight excluding hydrogens is 332 g/mol. The quantitative estimate of drug-likeness (QED) is 0.566.